The van der Waals surface area contributed by atoms with E-state index in [0.717, 1.165) is 17.1 Å². The lowest BCUT2D eigenvalue weighted by Gasteiger charge is -2.21. The molecule has 19 heavy (non-hydrogen) atoms. The highest BCUT2D eigenvalue weighted by atomic mass is 32.2. The van der Waals surface area contributed by atoms with Gasteiger partial charge in [-0.25, -0.2) is 4.79 Å². The van der Waals surface area contributed by atoms with E-state index in [-0.39, 0.29) is 12.6 Å². The van der Waals surface area contributed by atoms with Crippen LogP contribution in [0.2, 0.25) is 0 Å². The van der Waals surface area contributed by atoms with E-state index in [1.54, 1.807) is 11.8 Å². The standard InChI is InChI=1S/C13H19N3O2S/c1-19-11-5-3-2-4-10(11)16-12(17)15-9-13(18)6-7-14-8-13/h2-5,14,18H,6-9H2,1H3,(H2,15,16,17)/t13-/m1/s1. The number of β-amino-alcohol motifs (C(OH)–C–C–N with tert-alkyl or cyclic N) is 1. The molecule has 1 aliphatic heterocycles. The lowest BCUT2D eigenvalue weighted by molar-refractivity contribution is 0.0640. The first kappa shape index (κ1) is 14.2. The average Bonchev–Trinajstić information content (AvgIpc) is 2.85. The molecule has 0 unspecified atom stereocenters. The van der Waals surface area contributed by atoms with Gasteiger partial charge in [0.1, 0.15) is 0 Å². The number of para-hydroxylation sites is 1. The summed E-state index contributed by atoms with van der Waals surface area (Å²) in [5.41, 5.74) is -0.0415. The van der Waals surface area contributed by atoms with Crippen LogP contribution in [0.15, 0.2) is 29.2 Å². The molecular formula is C13H19N3O2S. The van der Waals surface area contributed by atoms with Crippen LogP contribution in [0.3, 0.4) is 0 Å². The summed E-state index contributed by atoms with van der Waals surface area (Å²) in [6, 6.07) is 7.33. The number of urea groups is 1. The first-order valence-corrected chi connectivity index (χ1v) is 7.46. The van der Waals surface area contributed by atoms with Crippen LogP contribution in [-0.2, 0) is 0 Å². The average molecular weight is 281 g/mol. The zero-order valence-corrected chi connectivity index (χ0v) is 11.7. The molecule has 0 spiro atoms. The van der Waals surface area contributed by atoms with Crippen LogP contribution in [0.1, 0.15) is 6.42 Å². The van der Waals surface area contributed by atoms with Gasteiger partial charge in [-0.1, -0.05) is 12.1 Å². The quantitative estimate of drug-likeness (QED) is 0.627. The van der Waals surface area contributed by atoms with Crippen molar-refractivity contribution in [2.75, 3.05) is 31.2 Å². The highest BCUT2D eigenvalue weighted by Gasteiger charge is 2.31. The number of anilines is 1. The monoisotopic (exact) mass is 281 g/mol. The highest BCUT2D eigenvalue weighted by Crippen LogP contribution is 2.24. The number of rotatable bonds is 4. The topological polar surface area (TPSA) is 73.4 Å². The summed E-state index contributed by atoms with van der Waals surface area (Å²) in [6.45, 7) is 1.57. The van der Waals surface area contributed by atoms with E-state index in [0.29, 0.717) is 13.0 Å². The summed E-state index contributed by atoms with van der Waals surface area (Å²) < 4.78 is 0. The Morgan fingerprint density at radius 1 is 1.53 bits per heavy atom. The Kier molecular flexibility index (Phi) is 4.68. The van der Waals surface area contributed by atoms with Crippen LogP contribution in [0, 0.1) is 0 Å². The molecule has 104 valence electrons. The Hall–Kier alpha value is -1.24. The van der Waals surface area contributed by atoms with Gasteiger partial charge in [0.05, 0.1) is 11.3 Å². The third kappa shape index (κ3) is 3.86. The van der Waals surface area contributed by atoms with Gasteiger partial charge in [-0.2, -0.15) is 0 Å². The van der Waals surface area contributed by atoms with Crippen molar-refractivity contribution in [3.8, 4) is 0 Å². The Bertz CT molecular complexity index is 447. The Balaban J connectivity index is 1.87. The van der Waals surface area contributed by atoms with Crippen LogP contribution in [-0.4, -0.2) is 42.6 Å². The highest BCUT2D eigenvalue weighted by molar-refractivity contribution is 7.98. The van der Waals surface area contributed by atoms with Crippen molar-refractivity contribution in [2.24, 2.45) is 0 Å². The second kappa shape index (κ2) is 6.27. The molecule has 0 aromatic heterocycles. The molecule has 1 fully saturated rings. The lowest BCUT2D eigenvalue weighted by atomic mass is 10.0. The van der Waals surface area contributed by atoms with Crippen LogP contribution in [0.4, 0.5) is 10.5 Å². The molecule has 0 bridgehead atoms. The number of amides is 2. The second-order valence-corrected chi connectivity index (χ2v) is 5.51. The first-order valence-electron chi connectivity index (χ1n) is 6.24. The number of benzene rings is 1. The minimum absolute atomic E-state index is 0.257. The maximum Gasteiger partial charge on any atom is 0.319 e. The van der Waals surface area contributed by atoms with E-state index in [4.69, 9.17) is 0 Å². The molecule has 0 aliphatic carbocycles. The largest absolute Gasteiger partial charge is 0.387 e. The number of aliphatic hydroxyl groups is 1. The maximum absolute atomic E-state index is 11.8. The van der Waals surface area contributed by atoms with Crippen molar-refractivity contribution in [1.29, 1.82) is 0 Å². The van der Waals surface area contributed by atoms with Gasteiger partial charge in [0.2, 0.25) is 0 Å². The zero-order chi connectivity index (χ0) is 13.7. The number of carbonyl (C=O) groups excluding carboxylic acids is 1. The SMILES string of the molecule is CSc1ccccc1NC(=O)NC[C@@]1(O)CCNC1. The fraction of sp³-hybridized carbons (Fsp3) is 0.462. The molecule has 1 aliphatic rings. The fourth-order valence-electron chi connectivity index (χ4n) is 2.04. The third-order valence-electron chi connectivity index (χ3n) is 3.15. The van der Waals surface area contributed by atoms with Gasteiger partial charge < -0.3 is 21.1 Å². The van der Waals surface area contributed by atoms with Gasteiger partial charge in [-0.05, 0) is 31.4 Å². The zero-order valence-electron chi connectivity index (χ0n) is 10.9. The summed E-state index contributed by atoms with van der Waals surface area (Å²) in [5.74, 6) is 0. The van der Waals surface area contributed by atoms with Gasteiger partial charge in [0, 0.05) is 18.0 Å². The number of carbonyl (C=O) groups is 1. The molecule has 0 radical (unpaired) electrons. The van der Waals surface area contributed by atoms with E-state index < -0.39 is 5.60 Å². The number of nitrogens with one attached hydrogen (secondary N) is 3. The molecule has 6 heteroatoms. The lowest BCUT2D eigenvalue weighted by Crippen LogP contribution is -2.45. The molecule has 5 nitrogen and oxygen atoms in total. The molecule has 1 atom stereocenters. The number of hydrogen-bond donors (Lipinski definition) is 4. The summed E-state index contributed by atoms with van der Waals surface area (Å²) >= 11 is 1.58. The van der Waals surface area contributed by atoms with E-state index in [2.05, 4.69) is 16.0 Å². The van der Waals surface area contributed by atoms with Crippen LogP contribution in [0.5, 0.6) is 0 Å². The van der Waals surface area contributed by atoms with Crippen molar-refractivity contribution in [3.05, 3.63) is 24.3 Å². The van der Waals surface area contributed by atoms with Gasteiger partial charge in [-0.3, -0.25) is 0 Å². The van der Waals surface area contributed by atoms with E-state index in [1.165, 1.54) is 0 Å². The molecular weight excluding hydrogens is 262 g/mol. The third-order valence-corrected chi connectivity index (χ3v) is 3.95. The summed E-state index contributed by atoms with van der Waals surface area (Å²) in [7, 11) is 0. The van der Waals surface area contributed by atoms with Gasteiger partial charge >= 0.3 is 6.03 Å². The van der Waals surface area contributed by atoms with Crippen molar-refractivity contribution in [1.82, 2.24) is 10.6 Å². The van der Waals surface area contributed by atoms with E-state index >= 15 is 0 Å². The number of thioether (sulfide) groups is 1. The molecule has 0 saturated carbocycles. The fourth-order valence-corrected chi connectivity index (χ4v) is 2.59. The molecule has 4 N–H and O–H groups in total. The van der Waals surface area contributed by atoms with Crippen molar-refractivity contribution in [3.63, 3.8) is 0 Å². The maximum atomic E-state index is 11.8. The normalized spacial score (nSPS) is 22.2. The molecule has 1 aromatic rings. The van der Waals surface area contributed by atoms with Crippen LogP contribution < -0.4 is 16.0 Å². The minimum atomic E-state index is -0.823. The van der Waals surface area contributed by atoms with Gasteiger partial charge in [0.25, 0.3) is 0 Å². The molecule has 2 rings (SSSR count). The van der Waals surface area contributed by atoms with Crippen molar-refractivity contribution >= 4 is 23.5 Å². The minimum Gasteiger partial charge on any atom is -0.387 e. The predicted molar refractivity (Wildman–Crippen MR) is 77.7 cm³/mol. The predicted octanol–water partition coefficient (Wildman–Crippen LogP) is 1.25. The van der Waals surface area contributed by atoms with Crippen molar-refractivity contribution in [2.45, 2.75) is 16.9 Å². The first-order chi connectivity index (χ1) is 9.13. The summed E-state index contributed by atoms with van der Waals surface area (Å²) in [6.07, 6.45) is 2.63. The Morgan fingerprint density at radius 3 is 3.00 bits per heavy atom. The molecule has 2 amide bonds. The van der Waals surface area contributed by atoms with Gasteiger partial charge in [0.15, 0.2) is 0 Å². The second-order valence-electron chi connectivity index (χ2n) is 4.66. The van der Waals surface area contributed by atoms with Gasteiger partial charge in [-0.15, -0.1) is 11.8 Å². The molecule has 1 saturated heterocycles. The molecule has 1 aromatic carbocycles. The Labute approximate surface area is 117 Å². The van der Waals surface area contributed by atoms with Crippen LogP contribution in [0.25, 0.3) is 0 Å². The smallest absolute Gasteiger partial charge is 0.319 e. The summed E-state index contributed by atoms with van der Waals surface area (Å²) in [4.78, 5) is 12.8. The molecule has 1 heterocycles. The van der Waals surface area contributed by atoms with E-state index in [9.17, 15) is 9.90 Å². The van der Waals surface area contributed by atoms with E-state index in [1.807, 2.05) is 30.5 Å². The summed E-state index contributed by atoms with van der Waals surface area (Å²) in [5, 5.41) is 18.7. The van der Waals surface area contributed by atoms with Crippen LogP contribution >= 0.6 is 11.8 Å². The Morgan fingerprint density at radius 2 is 2.32 bits per heavy atom. The van der Waals surface area contributed by atoms with Crippen molar-refractivity contribution < 1.29 is 9.90 Å². The number of hydrogen-bond acceptors (Lipinski definition) is 4.